The maximum absolute atomic E-state index is 5.73. The normalized spacial score (nSPS) is 20.2. The summed E-state index contributed by atoms with van der Waals surface area (Å²) in [7, 11) is 1.83. The highest BCUT2D eigenvalue weighted by Gasteiger charge is 2.15. The number of guanidine groups is 1. The van der Waals surface area contributed by atoms with Gasteiger partial charge in [-0.2, -0.15) is 0 Å². The summed E-state index contributed by atoms with van der Waals surface area (Å²) in [5.41, 5.74) is 2.77. The summed E-state index contributed by atoms with van der Waals surface area (Å²) in [6, 6.07) is 8.78. The van der Waals surface area contributed by atoms with Crippen molar-refractivity contribution < 1.29 is 9.47 Å². The predicted octanol–water partition coefficient (Wildman–Crippen LogP) is 3.93. The van der Waals surface area contributed by atoms with Crippen LogP contribution in [-0.4, -0.2) is 63.5 Å². The monoisotopic (exact) mass is 544 g/mol. The zero-order valence-electron chi connectivity index (χ0n) is 19.1. The van der Waals surface area contributed by atoms with E-state index in [1.165, 1.54) is 56.3 Å². The molecule has 1 aromatic rings. The molecule has 0 aliphatic carbocycles. The number of ether oxygens (including phenoxy) is 2. The second-order valence-electron chi connectivity index (χ2n) is 8.38. The van der Waals surface area contributed by atoms with Crippen LogP contribution >= 0.6 is 24.0 Å². The Labute approximate surface area is 205 Å². The topological polar surface area (TPSA) is 58.1 Å². The SMILES string of the molecule is CN=C(NCCCOCC1CCCO1)NCc1ccccc1CN1CCCCCC1.I. The number of nitrogens with one attached hydrogen (secondary N) is 2. The van der Waals surface area contributed by atoms with E-state index in [4.69, 9.17) is 9.47 Å². The number of benzene rings is 1. The molecule has 2 heterocycles. The summed E-state index contributed by atoms with van der Waals surface area (Å²) < 4.78 is 11.3. The van der Waals surface area contributed by atoms with Gasteiger partial charge in [-0.15, -0.1) is 24.0 Å². The zero-order valence-corrected chi connectivity index (χ0v) is 21.4. The van der Waals surface area contributed by atoms with E-state index in [1.54, 1.807) is 0 Å². The van der Waals surface area contributed by atoms with Gasteiger partial charge in [-0.05, 0) is 56.3 Å². The van der Waals surface area contributed by atoms with Gasteiger partial charge >= 0.3 is 0 Å². The summed E-state index contributed by atoms with van der Waals surface area (Å²) in [5.74, 6) is 0.846. The molecule has 2 aliphatic rings. The van der Waals surface area contributed by atoms with Crippen molar-refractivity contribution in [3.8, 4) is 0 Å². The van der Waals surface area contributed by atoms with Gasteiger partial charge in [0.2, 0.25) is 0 Å². The molecule has 0 amide bonds. The second kappa shape index (κ2) is 15.8. The van der Waals surface area contributed by atoms with E-state index in [1.807, 2.05) is 7.05 Å². The number of rotatable bonds is 10. The molecule has 3 rings (SSSR count). The van der Waals surface area contributed by atoms with Gasteiger partial charge in [-0.3, -0.25) is 9.89 Å². The minimum Gasteiger partial charge on any atom is -0.379 e. The molecule has 1 aromatic carbocycles. The Balaban J connectivity index is 0.00000341. The van der Waals surface area contributed by atoms with E-state index >= 15 is 0 Å². The Bertz CT molecular complexity index is 630. The maximum atomic E-state index is 5.73. The number of hydrogen-bond acceptors (Lipinski definition) is 4. The highest BCUT2D eigenvalue weighted by molar-refractivity contribution is 14.0. The molecule has 7 heteroatoms. The zero-order chi connectivity index (χ0) is 20.9. The van der Waals surface area contributed by atoms with Gasteiger partial charge in [0.1, 0.15) is 0 Å². The lowest BCUT2D eigenvalue weighted by Gasteiger charge is -2.22. The van der Waals surface area contributed by atoms with Crippen LogP contribution in [-0.2, 0) is 22.6 Å². The van der Waals surface area contributed by atoms with Crippen LogP contribution in [0.2, 0.25) is 0 Å². The Kier molecular flexibility index (Phi) is 13.5. The molecular weight excluding hydrogens is 503 g/mol. The highest BCUT2D eigenvalue weighted by Crippen LogP contribution is 2.16. The van der Waals surface area contributed by atoms with E-state index in [-0.39, 0.29) is 24.0 Å². The van der Waals surface area contributed by atoms with E-state index in [0.29, 0.717) is 6.10 Å². The molecule has 2 saturated heterocycles. The fraction of sp³-hybridized carbons (Fsp3) is 0.708. The molecule has 0 aromatic heterocycles. The predicted molar refractivity (Wildman–Crippen MR) is 138 cm³/mol. The van der Waals surface area contributed by atoms with Crippen molar-refractivity contribution in [1.29, 1.82) is 0 Å². The summed E-state index contributed by atoms with van der Waals surface area (Å²) >= 11 is 0. The maximum Gasteiger partial charge on any atom is 0.191 e. The lowest BCUT2D eigenvalue weighted by atomic mass is 10.1. The molecule has 6 nitrogen and oxygen atoms in total. The minimum absolute atomic E-state index is 0. The van der Waals surface area contributed by atoms with E-state index in [2.05, 4.69) is 44.8 Å². The van der Waals surface area contributed by atoms with E-state index in [0.717, 1.165) is 58.3 Å². The first kappa shape index (κ1) is 26.4. The Hall–Kier alpha value is -0.900. The van der Waals surface area contributed by atoms with Gasteiger partial charge in [0.15, 0.2) is 5.96 Å². The third kappa shape index (κ3) is 10.1. The van der Waals surface area contributed by atoms with Gasteiger partial charge in [-0.25, -0.2) is 0 Å². The van der Waals surface area contributed by atoms with Crippen LogP contribution in [0.3, 0.4) is 0 Å². The van der Waals surface area contributed by atoms with Crippen LogP contribution in [0.4, 0.5) is 0 Å². The molecular formula is C24H41IN4O2. The fourth-order valence-electron chi connectivity index (χ4n) is 4.19. The van der Waals surface area contributed by atoms with Crippen molar-refractivity contribution in [3.05, 3.63) is 35.4 Å². The summed E-state index contributed by atoms with van der Waals surface area (Å²) in [6.07, 6.45) is 8.97. The first-order chi connectivity index (χ1) is 14.8. The van der Waals surface area contributed by atoms with E-state index < -0.39 is 0 Å². The average molecular weight is 545 g/mol. The summed E-state index contributed by atoms with van der Waals surface area (Å²) in [5, 5.41) is 6.87. The van der Waals surface area contributed by atoms with Crippen molar-refractivity contribution in [3.63, 3.8) is 0 Å². The fourth-order valence-corrected chi connectivity index (χ4v) is 4.19. The molecule has 2 N–H and O–H groups in total. The molecule has 0 spiro atoms. The molecule has 2 fully saturated rings. The van der Waals surface area contributed by atoms with Gasteiger partial charge in [0.25, 0.3) is 0 Å². The number of nitrogens with zero attached hydrogens (tertiary/aromatic N) is 2. The number of aliphatic imine (C=N–C) groups is 1. The molecule has 0 radical (unpaired) electrons. The summed E-state index contributed by atoms with van der Waals surface area (Å²) in [4.78, 5) is 6.97. The Morgan fingerprint density at radius 2 is 1.87 bits per heavy atom. The van der Waals surface area contributed by atoms with Crippen molar-refractivity contribution in [1.82, 2.24) is 15.5 Å². The number of likely N-dealkylation sites (tertiary alicyclic amines) is 1. The Morgan fingerprint density at radius 3 is 2.58 bits per heavy atom. The van der Waals surface area contributed by atoms with Crippen LogP contribution in [0.5, 0.6) is 0 Å². The number of hydrogen-bond donors (Lipinski definition) is 2. The van der Waals surface area contributed by atoms with Gasteiger partial charge < -0.3 is 20.1 Å². The first-order valence-corrected chi connectivity index (χ1v) is 11.8. The molecule has 176 valence electrons. The van der Waals surface area contributed by atoms with Gasteiger partial charge in [-0.1, -0.05) is 37.1 Å². The van der Waals surface area contributed by atoms with Crippen LogP contribution < -0.4 is 10.6 Å². The average Bonchev–Trinajstić information content (AvgIpc) is 3.16. The van der Waals surface area contributed by atoms with Crippen LogP contribution in [0.25, 0.3) is 0 Å². The lowest BCUT2D eigenvalue weighted by molar-refractivity contribution is 0.0168. The lowest BCUT2D eigenvalue weighted by Crippen LogP contribution is -2.38. The largest absolute Gasteiger partial charge is 0.379 e. The third-order valence-electron chi connectivity index (χ3n) is 5.97. The standard InChI is InChI=1S/C24H40N4O2.HI/c1-25-24(26-13-9-16-29-20-23-12-8-17-30-23)27-18-21-10-4-5-11-22(21)19-28-14-6-2-3-7-15-28;/h4-5,10-11,23H,2-3,6-9,12-20H2,1H3,(H2,25,26,27);1H. The highest BCUT2D eigenvalue weighted by atomic mass is 127. The minimum atomic E-state index is 0. The van der Waals surface area contributed by atoms with E-state index in [9.17, 15) is 0 Å². The van der Waals surface area contributed by atoms with Crippen molar-refractivity contribution >= 4 is 29.9 Å². The van der Waals surface area contributed by atoms with Crippen LogP contribution in [0, 0.1) is 0 Å². The molecule has 1 unspecified atom stereocenters. The molecule has 2 aliphatic heterocycles. The molecule has 0 bridgehead atoms. The van der Waals surface area contributed by atoms with Crippen LogP contribution in [0.15, 0.2) is 29.3 Å². The van der Waals surface area contributed by atoms with Gasteiger partial charge in [0.05, 0.1) is 12.7 Å². The van der Waals surface area contributed by atoms with Crippen molar-refractivity contribution in [2.24, 2.45) is 4.99 Å². The summed E-state index contributed by atoms with van der Waals surface area (Å²) in [6.45, 7) is 7.49. The molecule has 0 saturated carbocycles. The Morgan fingerprint density at radius 1 is 1.10 bits per heavy atom. The molecule has 31 heavy (non-hydrogen) atoms. The quantitative estimate of drug-likeness (QED) is 0.202. The van der Waals surface area contributed by atoms with Crippen molar-refractivity contribution in [2.45, 2.75) is 64.1 Å². The smallest absolute Gasteiger partial charge is 0.191 e. The van der Waals surface area contributed by atoms with Crippen molar-refractivity contribution in [2.75, 3.05) is 46.5 Å². The van der Waals surface area contributed by atoms with Gasteiger partial charge in [0, 0.05) is 39.9 Å². The molecule has 1 atom stereocenters. The number of halogens is 1. The van der Waals surface area contributed by atoms with Crippen LogP contribution in [0.1, 0.15) is 56.1 Å². The third-order valence-corrected chi connectivity index (χ3v) is 5.97. The second-order valence-corrected chi connectivity index (χ2v) is 8.38. The first-order valence-electron chi connectivity index (χ1n) is 11.8.